The van der Waals surface area contributed by atoms with Gasteiger partial charge >= 0.3 is 5.97 Å². The molecule has 182 valence electrons. The number of nitrogens with two attached hydrogens (primary N) is 3. The second-order valence-electron chi connectivity index (χ2n) is 6.97. The second kappa shape index (κ2) is 9.80. The first kappa shape index (κ1) is 24.3. The fraction of sp³-hybridized carbons (Fsp3) is 0.167. The molecule has 0 radical (unpaired) electrons. The number of aliphatic carboxylic acids is 1. The van der Waals surface area contributed by atoms with Gasteiger partial charge in [-0.05, 0) is 17.1 Å². The molecule has 14 nitrogen and oxygen atoms in total. The van der Waals surface area contributed by atoms with Crippen molar-refractivity contribution in [3.05, 3.63) is 39.9 Å². The highest BCUT2D eigenvalue weighted by Gasteiger charge is 2.54. The number of carbonyl (C=O) groups excluding carboxylic acids is 2. The van der Waals surface area contributed by atoms with Gasteiger partial charge in [-0.2, -0.15) is 4.98 Å². The summed E-state index contributed by atoms with van der Waals surface area (Å²) in [6.45, 7) is 0. The van der Waals surface area contributed by atoms with E-state index in [0.29, 0.717) is 10.6 Å². The number of anilines is 3. The Hall–Kier alpha value is -3.83. The lowest BCUT2D eigenvalue weighted by molar-refractivity contribution is -0.150. The number of nitrogen functional groups attached to an aromatic ring is 3. The van der Waals surface area contributed by atoms with Crippen molar-refractivity contribution in [3.63, 3.8) is 0 Å². The molecule has 9 N–H and O–H groups in total. The van der Waals surface area contributed by atoms with E-state index in [2.05, 4.69) is 25.4 Å². The van der Waals surface area contributed by atoms with Gasteiger partial charge in [-0.1, -0.05) is 16.9 Å². The lowest BCUT2D eigenvalue weighted by atomic mass is 10.0. The number of rotatable bonds is 7. The summed E-state index contributed by atoms with van der Waals surface area (Å²) in [6, 6.07) is 0.501. The van der Waals surface area contributed by atoms with E-state index in [-0.39, 0.29) is 34.0 Å². The van der Waals surface area contributed by atoms with Crippen LogP contribution in [-0.2, 0) is 14.4 Å². The fourth-order valence-electron chi connectivity index (χ4n) is 3.30. The largest absolute Gasteiger partial charge is 0.477 e. The number of hydrogen-bond donors (Lipinski definition) is 6. The van der Waals surface area contributed by atoms with Crippen molar-refractivity contribution in [1.82, 2.24) is 25.2 Å². The molecule has 2 aliphatic heterocycles. The third kappa shape index (κ3) is 4.86. The highest BCUT2D eigenvalue weighted by Crippen LogP contribution is 2.41. The average molecular weight is 536 g/mol. The van der Waals surface area contributed by atoms with Gasteiger partial charge in [0.05, 0.1) is 0 Å². The minimum Gasteiger partial charge on any atom is -0.477 e. The monoisotopic (exact) mass is 535 g/mol. The van der Waals surface area contributed by atoms with Gasteiger partial charge in [0.15, 0.2) is 10.8 Å². The van der Waals surface area contributed by atoms with Crippen LogP contribution in [0.25, 0.3) is 0 Å². The number of nitrogens with zero attached hydrogens (tertiary/aromatic N) is 5. The highest BCUT2D eigenvalue weighted by molar-refractivity contribution is 8.02. The SMILES string of the molecule is Nc1cc(SC=CC2=C(C(=O)O)N3C(=O)[C@@H](NC(=O)C(=NO)c4csc(N)n4)[C@H]3SC2)nc(N)n1. The first-order valence-electron chi connectivity index (χ1n) is 9.58. The maximum atomic E-state index is 12.8. The summed E-state index contributed by atoms with van der Waals surface area (Å²) in [5, 5.41) is 27.5. The second-order valence-corrected chi connectivity index (χ2v) is 9.89. The molecule has 1 saturated heterocycles. The van der Waals surface area contributed by atoms with E-state index in [9.17, 15) is 24.7 Å². The fourth-order valence-corrected chi connectivity index (χ4v) is 5.87. The van der Waals surface area contributed by atoms with E-state index in [1.807, 2.05) is 0 Å². The molecule has 1 fully saturated rings. The number of nitrogens with one attached hydrogen (secondary N) is 1. The van der Waals surface area contributed by atoms with Crippen LogP contribution in [0.15, 0.2) is 44.4 Å². The molecular weight excluding hydrogens is 518 g/mol. The van der Waals surface area contributed by atoms with Crippen LogP contribution in [0.4, 0.5) is 16.9 Å². The van der Waals surface area contributed by atoms with Gasteiger partial charge in [0.1, 0.15) is 33.7 Å². The molecule has 0 aliphatic carbocycles. The minimum atomic E-state index is -1.29. The molecule has 35 heavy (non-hydrogen) atoms. The first-order valence-corrected chi connectivity index (χ1v) is 12.4. The van der Waals surface area contributed by atoms with Gasteiger partial charge in [0.25, 0.3) is 11.8 Å². The van der Waals surface area contributed by atoms with Crippen molar-refractivity contribution < 1.29 is 24.7 Å². The number of thioether (sulfide) groups is 2. The molecular formula is C18H17N9O5S3. The van der Waals surface area contributed by atoms with Crippen molar-refractivity contribution in [3.8, 4) is 0 Å². The number of hydrogen-bond acceptors (Lipinski definition) is 14. The smallest absolute Gasteiger partial charge is 0.352 e. The topological polar surface area (TPSA) is 236 Å². The molecule has 2 aliphatic rings. The Morgan fingerprint density at radius 2 is 2.06 bits per heavy atom. The highest BCUT2D eigenvalue weighted by atomic mass is 32.2. The third-order valence-electron chi connectivity index (χ3n) is 4.76. The Kier molecular flexibility index (Phi) is 6.81. The van der Waals surface area contributed by atoms with Crippen molar-refractivity contribution in [2.24, 2.45) is 5.16 Å². The summed E-state index contributed by atoms with van der Waals surface area (Å²) in [5.41, 5.74) is 16.6. The molecule has 0 spiro atoms. The van der Waals surface area contributed by atoms with Crippen LogP contribution in [0.5, 0.6) is 0 Å². The summed E-state index contributed by atoms with van der Waals surface area (Å²) in [6.07, 6.45) is 1.56. The van der Waals surface area contributed by atoms with Gasteiger partial charge in [-0.15, -0.1) is 23.1 Å². The summed E-state index contributed by atoms with van der Waals surface area (Å²) in [4.78, 5) is 50.2. The number of thiazole rings is 1. The number of carboxylic acids is 1. The van der Waals surface area contributed by atoms with Crippen LogP contribution in [-0.4, -0.2) is 70.8 Å². The number of amides is 2. The molecule has 2 aromatic rings. The molecule has 2 atom stereocenters. The summed E-state index contributed by atoms with van der Waals surface area (Å²) >= 11 is 3.47. The summed E-state index contributed by atoms with van der Waals surface area (Å²) in [5.74, 6) is -2.28. The van der Waals surface area contributed by atoms with Crippen molar-refractivity contribution in [2.75, 3.05) is 23.0 Å². The first-order chi connectivity index (χ1) is 16.7. The number of carbonyl (C=O) groups is 3. The van der Waals surface area contributed by atoms with E-state index < -0.39 is 34.9 Å². The lowest BCUT2D eigenvalue weighted by Gasteiger charge is -2.49. The van der Waals surface area contributed by atoms with E-state index in [4.69, 9.17) is 17.2 Å². The van der Waals surface area contributed by atoms with E-state index in [1.54, 1.807) is 11.5 Å². The molecule has 0 aromatic carbocycles. The molecule has 4 heterocycles. The molecule has 0 saturated carbocycles. The van der Waals surface area contributed by atoms with Crippen molar-refractivity contribution >= 4 is 75.3 Å². The lowest BCUT2D eigenvalue weighted by Crippen LogP contribution is -2.71. The van der Waals surface area contributed by atoms with Crippen LogP contribution in [0.1, 0.15) is 5.69 Å². The Morgan fingerprint density at radius 3 is 2.69 bits per heavy atom. The predicted octanol–water partition coefficient (Wildman–Crippen LogP) is -0.0974. The molecule has 4 rings (SSSR count). The quantitative estimate of drug-likeness (QED) is 0.0679. The molecule has 0 unspecified atom stereocenters. The molecule has 2 amide bonds. The van der Waals surface area contributed by atoms with Gasteiger partial charge in [0, 0.05) is 17.2 Å². The maximum absolute atomic E-state index is 12.8. The number of fused-ring (bicyclic) bond motifs is 1. The Balaban J connectivity index is 1.48. The predicted molar refractivity (Wildman–Crippen MR) is 130 cm³/mol. The zero-order valence-corrected chi connectivity index (χ0v) is 19.9. The van der Waals surface area contributed by atoms with Crippen molar-refractivity contribution in [2.45, 2.75) is 16.4 Å². The van der Waals surface area contributed by atoms with E-state index in [0.717, 1.165) is 28.0 Å². The Labute approximate surface area is 209 Å². The number of aromatic nitrogens is 3. The van der Waals surface area contributed by atoms with Crippen LogP contribution < -0.4 is 22.5 Å². The number of allylic oxidation sites excluding steroid dienone is 1. The number of β-lactam (4-membered cyclic amide) rings is 1. The Bertz CT molecular complexity index is 1290. The molecule has 2 aromatic heterocycles. The van der Waals surface area contributed by atoms with E-state index in [1.165, 1.54) is 23.2 Å². The van der Waals surface area contributed by atoms with Gasteiger partial charge < -0.3 is 32.8 Å². The maximum Gasteiger partial charge on any atom is 0.352 e. The van der Waals surface area contributed by atoms with Crippen LogP contribution in [0.3, 0.4) is 0 Å². The van der Waals surface area contributed by atoms with Crippen LogP contribution in [0.2, 0.25) is 0 Å². The number of oxime groups is 1. The molecule has 17 heteroatoms. The van der Waals surface area contributed by atoms with Crippen molar-refractivity contribution in [1.29, 1.82) is 0 Å². The van der Waals surface area contributed by atoms with E-state index >= 15 is 0 Å². The zero-order chi connectivity index (χ0) is 25.3. The van der Waals surface area contributed by atoms with Crippen LogP contribution in [0, 0.1) is 0 Å². The minimum absolute atomic E-state index is 0.00863. The third-order valence-corrected chi connectivity index (χ3v) is 7.46. The normalized spacial score (nSPS) is 20.1. The number of carboxylic acid groups (broad SMARTS) is 1. The summed E-state index contributed by atoms with van der Waals surface area (Å²) in [7, 11) is 0. The standard InChI is InChI=1S/C18H17N9O5S3/c19-8-3-9(24-17(20)23-8)33-2-1-6-4-34-15-11(14(29)27(15)12(6)16(30)31)25-13(28)10(26-32)7-5-35-18(21)22-7/h1-3,5,11,15,32H,4H2,(H2,21,22)(H,25,28)(H,30,31)(H4,19,20,23,24)/t11-,15-/m1/s1. The van der Waals surface area contributed by atoms with Gasteiger partial charge in [0.2, 0.25) is 5.95 Å². The van der Waals surface area contributed by atoms with Gasteiger partial charge in [-0.3, -0.25) is 14.5 Å². The summed E-state index contributed by atoms with van der Waals surface area (Å²) < 4.78 is 0. The molecule has 0 bridgehead atoms. The van der Waals surface area contributed by atoms with Crippen LogP contribution >= 0.6 is 34.9 Å². The zero-order valence-electron chi connectivity index (χ0n) is 17.5. The Morgan fingerprint density at radius 1 is 1.29 bits per heavy atom. The van der Waals surface area contributed by atoms with Gasteiger partial charge in [-0.25, -0.2) is 14.8 Å². The average Bonchev–Trinajstić information content (AvgIpc) is 3.22.